The molecule has 0 saturated heterocycles. The van der Waals surface area contributed by atoms with Crippen LogP contribution < -0.4 is 10.1 Å². The number of fused-ring (bicyclic) bond motifs is 1. The second kappa shape index (κ2) is 10.3. The van der Waals surface area contributed by atoms with E-state index >= 15 is 0 Å². The predicted octanol–water partition coefficient (Wildman–Crippen LogP) is 3.67. The van der Waals surface area contributed by atoms with Crippen LogP contribution in [0.5, 0.6) is 5.88 Å². The van der Waals surface area contributed by atoms with Gasteiger partial charge in [0.1, 0.15) is 5.82 Å². The first-order valence-corrected chi connectivity index (χ1v) is 11.1. The van der Waals surface area contributed by atoms with Crippen LogP contribution in [0.2, 0.25) is 0 Å². The third-order valence-corrected chi connectivity index (χ3v) is 5.80. The normalized spacial score (nSPS) is 13.8. The van der Waals surface area contributed by atoms with Gasteiger partial charge in [-0.05, 0) is 67.3 Å². The fraction of sp³-hybridized carbons (Fsp3) is 0.417. The van der Waals surface area contributed by atoms with E-state index in [1.165, 1.54) is 12.0 Å². The van der Waals surface area contributed by atoms with Gasteiger partial charge in [-0.3, -0.25) is 9.48 Å². The lowest BCUT2D eigenvalue weighted by atomic mass is 10.0. The Morgan fingerprint density at radius 2 is 2.09 bits per heavy atom. The van der Waals surface area contributed by atoms with E-state index in [1.807, 2.05) is 18.5 Å². The number of carbonyl (C=O) groups is 1. The maximum atomic E-state index is 11.4. The van der Waals surface area contributed by atoms with Crippen LogP contribution in [0.15, 0.2) is 42.9 Å². The minimum Gasteiger partial charge on any atom is -0.481 e. The van der Waals surface area contributed by atoms with Gasteiger partial charge in [-0.1, -0.05) is 6.07 Å². The highest BCUT2D eigenvalue weighted by molar-refractivity contribution is 5.68. The van der Waals surface area contributed by atoms with Crippen LogP contribution in [-0.4, -0.2) is 44.5 Å². The summed E-state index contributed by atoms with van der Waals surface area (Å²) in [4.78, 5) is 20.4. The Morgan fingerprint density at radius 3 is 2.88 bits per heavy atom. The van der Waals surface area contributed by atoms with Crippen molar-refractivity contribution in [2.45, 2.75) is 51.0 Å². The van der Waals surface area contributed by atoms with Gasteiger partial charge in [0.25, 0.3) is 0 Å². The number of pyridine rings is 2. The molecule has 0 fully saturated rings. The number of nitrogens with zero attached hydrogens (tertiary/aromatic N) is 4. The molecule has 4 heterocycles. The van der Waals surface area contributed by atoms with Gasteiger partial charge in [-0.25, -0.2) is 9.97 Å². The Balaban J connectivity index is 1.34. The van der Waals surface area contributed by atoms with Gasteiger partial charge in [0, 0.05) is 30.7 Å². The number of rotatable bonds is 10. The van der Waals surface area contributed by atoms with Gasteiger partial charge >= 0.3 is 5.97 Å². The average molecular weight is 436 g/mol. The Hall–Kier alpha value is -3.42. The highest BCUT2D eigenvalue weighted by Crippen LogP contribution is 2.24. The molecular weight excluding hydrogens is 406 g/mol. The Morgan fingerprint density at radius 1 is 1.22 bits per heavy atom. The number of carboxylic acid groups (broad SMARTS) is 1. The SMILES string of the molecule is COc1ccc(C(CC(=O)O)n2cc(CCCCc3ccc4c(n3)NCCC4)cn2)cn1. The summed E-state index contributed by atoms with van der Waals surface area (Å²) in [5, 5.41) is 17.2. The number of hydrogen-bond acceptors (Lipinski definition) is 6. The Labute approximate surface area is 187 Å². The molecule has 1 aliphatic rings. The molecular formula is C24H29N5O3. The smallest absolute Gasteiger partial charge is 0.305 e. The van der Waals surface area contributed by atoms with Gasteiger partial charge in [-0.15, -0.1) is 0 Å². The topological polar surface area (TPSA) is 102 Å². The van der Waals surface area contributed by atoms with Crippen LogP contribution in [-0.2, 0) is 24.1 Å². The molecule has 3 aromatic rings. The third kappa shape index (κ3) is 5.43. The second-order valence-electron chi connectivity index (χ2n) is 8.12. The van der Waals surface area contributed by atoms with Crippen molar-refractivity contribution in [2.75, 3.05) is 19.0 Å². The van der Waals surface area contributed by atoms with Crippen molar-refractivity contribution in [1.82, 2.24) is 19.7 Å². The first-order chi connectivity index (χ1) is 15.6. The molecule has 0 aromatic carbocycles. The van der Waals surface area contributed by atoms with Gasteiger partial charge < -0.3 is 15.2 Å². The molecule has 0 saturated carbocycles. The molecule has 8 nitrogen and oxygen atoms in total. The summed E-state index contributed by atoms with van der Waals surface area (Å²) >= 11 is 0. The van der Waals surface area contributed by atoms with Crippen LogP contribution in [0, 0.1) is 0 Å². The first kappa shape index (κ1) is 21.8. The molecule has 1 aliphatic heterocycles. The average Bonchev–Trinajstić information content (AvgIpc) is 3.29. The number of ether oxygens (including phenoxy) is 1. The molecule has 0 radical (unpaired) electrons. The molecule has 1 unspecified atom stereocenters. The highest BCUT2D eigenvalue weighted by atomic mass is 16.5. The number of aliphatic carboxylic acids is 1. The number of aromatic nitrogens is 4. The van der Waals surface area contributed by atoms with Crippen LogP contribution in [0.1, 0.15) is 54.1 Å². The molecule has 0 amide bonds. The fourth-order valence-corrected chi connectivity index (χ4v) is 4.06. The first-order valence-electron chi connectivity index (χ1n) is 11.1. The maximum Gasteiger partial charge on any atom is 0.305 e. The molecule has 2 N–H and O–H groups in total. The van der Waals surface area contributed by atoms with E-state index in [1.54, 1.807) is 24.1 Å². The van der Waals surface area contributed by atoms with E-state index in [2.05, 4.69) is 27.5 Å². The minimum atomic E-state index is -0.880. The van der Waals surface area contributed by atoms with E-state index in [-0.39, 0.29) is 6.42 Å². The van der Waals surface area contributed by atoms with Crippen LogP contribution in [0.4, 0.5) is 5.82 Å². The van der Waals surface area contributed by atoms with E-state index in [4.69, 9.17) is 9.72 Å². The van der Waals surface area contributed by atoms with Crippen LogP contribution in [0.25, 0.3) is 0 Å². The largest absolute Gasteiger partial charge is 0.481 e. The van der Waals surface area contributed by atoms with Crippen molar-refractivity contribution >= 4 is 11.8 Å². The maximum absolute atomic E-state index is 11.4. The van der Waals surface area contributed by atoms with Gasteiger partial charge in [-0.2, -0.15) is 5.10 Å². The van der Waals surface area contributed by atoms with Gasteiger partial charge in [0.15, 0.2) is 0 Å². The minimum absolute atomic E-state index is 0.0623. The summed E-state index contributed by atoms with van der Waals surface area (Å²) in [6.45, 7) is 1.00. The van der Waals surface area contributed by atoms with E-state index < -0.39 is 12.0 Å². The molecule has 0 aliphatic carbocycles. The zero-order valence-electron chi connectivity index (χ0n) is 18.3. The molecule has 3 aromatic heterocycles. The molecule has 1 atom stereocenters. The van der Waals surface area contributed by atoms with Crippen LogP contribution in [0.3, 0.4) is 0 Å². The zero-order valence-corrected chi connectivity index (χ0v) is 18.3. The van der Waals surface area contributed by atoms with Crippen molar-refractivity contribution < 1.29 is 14.6 Å². The Kier molecular flexibility index (Phi) is 6.99. The Bertz CT molecular complexity index is 1050. The summed E-state index contributed by atoms with van der Waals surface area (Å²) in [5.41, 5.74) is 4.33. The number of methoxy groups -OCH3 is 1. The molecule has 8 heteroatoms. The van der Waals surface area contributed by atoms with Crippen molar-refractivity contribution in [3.05, 3.63) is 65.2 Å². The summed E-state index contributed by atoms with van der Waals surface area (Å²) in [7, 11) is 1.55. The number of hydrogen-bond donors (Lipinski definition) is 2. The molecule has 32 heavy (non-hydrogen) atoms. The molecule has 168 valence electrons. The summed E-state index contributed by atoms with van der Waals surface area (Å²) in [6, 6.07) is 7.50. The zero-order chi connectivity index (χ0) is 22.3. The number of nitrogens with one attached hydrogen (secondary N) is 1. The van der Waals surface area contributed by atoms with Crippen molar-refractivity contribution in [3.63, 3.8) is 0 Å². The number of aryl methyl sites for hydroxylation is 3. The summed E-state index contributed by atoms with van der Waals surface area (Å²) in [6.07, 6.45) is 11.5. The van der Waals surface area contributed by atoms with E-state index in [0.717, 1.165) is 61.3 Å². The number of unbranched alkanes of at least 4 members (excludes halogenated alkanes) is 1. The second-order valence-corrected chi connectivity index (χ2v) is 8.12. The number of anilines is 1. The molecule has 0 spiro atoms. The van der Waals surface area contributed by atoms with Crippen LogP contribution >= 0.6 is 0 Å². The van der Waals surface area contributed by atoms with Crippen molar-refractivity contribution in [2.24, 2.45) is 0 Å². The lowest BCUT2D eigenvalue weighted by Gasteiger charge is -2.17. The third-order valence-electron chi connectivity index (χ3n) is 5.80. The lowest BCUT2D eigenvalue weighted by Crippen LogP contribution is -2.16. The quantitative estimate of drug-likeness (QED) is 0.469. The standard InChI is InChI=1S/C24H29N5O3/c1-32-22-11-9-19(15-26-22)21(13-23(30)31)29-16-17(14-27-29)5-2-3-7-20-10-8-18-6-4-12-25-24(18)28-20/h8-11,14-16,21H,2-7,12-13H2,1H3,(H,25,28)(H,30,31). The molecule has 4 rings (SSSR count). The van der Waals surface area contributed by atoms with Gasteiger partial charge in [0.2, 0.25) is 5.88 Å². The highest BCUT2D eigenvalue weighted by Gasteiger charge is 2.19. The van der Waals surface area contributed by atoms with Crippen molar-refractivity contribution in [1.29, 1.82) is 0 Å². The van der Waals surface area contributed by atoms with E-state index in [0.29, 0.717) is 5.88 Å². The van der Waals surface area contributed by atoms with Gasteiger partial charge in [0.05, 0.1) is 25.8 Å². The van der Waals surface area contributed by atoms with Crippen molar-refractivity contribution in [3.8, 4) is 5.88 Å². The lowest BCUT2D eigenvalue weighted by molar-refractivity contribution is -0.137. The van der Waals surface area contributed by atoms with E-state index in [9.17, 15) is 9.90 Å². The summed E-state index contributed by atoms with van der Waals surface area (Å²) in [5.74, 6) is 0.663. The predicted molar refractivity (Wildman–Crippen MR) is 121 cm³/mol. The fourth-order valence-electron chi connectivity index (χ4n) is 4.06. The molecule has 0 bridgehead atoms. The number of carboxylic acids is 1. The monoisotopic (exact) mass is 435 g/mol. The summed E-state index contributed by atoms with van der Waals surface area (Å²) < 4.78 is 6.82.